The molecule has 7 heteroatoms. The Morgan fingerprint density at radius 1 is 1.33 bits per heavy atom. The first-order valence-corrected chi connectivity index (χ1v) is 9.17. The third-order valence-electron chi connectivity index (χ3n) is 4.08. The van der Waals surface area contributed by atoms with Gasteiger partial charge in [0.1, 0.15) is 11.4 Å². The van der Waals surface area contributed by atoms with Crippen LogP contribution in [0.3, 0.4) is 0 Å². The summed E-state index contributed by atoms with van der Waals surface area (Å²) in [5, 5.41) is 3.20. The minimum atomic E-state index is -2.31. The molecule has 5 nitrogen and oxygen atoms in total. The minimum Gasteiger partial charge on any atom is -0.772 e. The summed E-state index contributed by atoms with van der Waals surface area (Å²) in [5.74, 6) is -1.16. The standard InChI is InChI=1S/C17H24FNO4S/c1-16(2,3)15(20)23-17(4-6-19-7-5-17)13-8-12(11-24(21)22)9-14(18)10-13/h8-10,19H,4-7,11H2,1-3H3,(H,21,22)/p-1. The van der Waals surface area contributed by atoms with E-state index in [1.807, 2.05) is 0 Å². The number of carbonyl (C=O) groups is 1. The highest BCUT2D eigenvalue weighted by Gasteiger charge is 2.40. The first-order valence-electron chi connectivity index (χ1n) is 7.92. The van der Waals surface area contributed by atoms with Gasteiger partial charge in [0.15, 0.2) is 0 Å². The molecule has 134 valence electrons. The number of carbonyl (C=O) groups excluding carboxylic acids is 1. The van der Waals surface area contributed by atoms with E-state index in [1.54, 1.807) is 26.8 Å². The lowest BCUT2D eigenvalue weighted by Crippen LogP contribution is -2.45. The number of piperidine rings is 1. The zero-order chi connectivity index (χ0) is 18.0. The maximum absolute atomic E-state index is 14.0. The number of hydrogen-bond acceptors (Lipinski definition) is 5. The van der Waals surface area contributed by atoms with Crippen molar-refractivity contribution in [3.63, 3.8) is 0 Å². The van der Waals surface area contributed by atoms with Crippen molar-refractivity contribution in [1.82, 2.24) is 5.32 Å². The van der Waals surface area contributed by atoms with E-state index in [1.165, 1.54) is 12.1 Å². The summed E-state index contributed by atoms with van der Waals surface area (Å²) >= 11 is -2.31. The molecule has 0 aliphatic carbocycles. The smallest absolute Gasteiger partial charge is 0.312 e. The van der Waals surface area contributed by atoms with Gasteiger partial charge in [0, 0.05) is 18.6 Å². The predicted octanol–water partition coefficient (Wildman–Crippen LogP) is 2.37. The fourth-order valence-electron chi connectivity index (χ4n) is 2.74. The highest BCUT2D eigenvalue weighted by molar-refractivity contribution is 7.78. The predicted molar refractivity (Wildman–Crippen MR) is 88.4 cm³/mol. The minimum absolute atomic E-state index is 0.272. The van der Waals surface area contributed by atoms with E-state index in [4.69, 9.17) is 4.74 Å². The topological polar surface area (TPSA) is 78.5 Å². The Hall–Kier alpha value is -1.31. The van der Waals surface area contributed by atoms with E-state index < -0.39 is 27.9 Å². The van der Waals surface area contributed by atoms with Crippen LogP contribution in [0.15, 0.2) is 18.2 Å². The molecular weight excluding hydrogens is 333 g/mol. The second-order valence-electron chi connectivity index (χ2n) is 7.18. The molecule has 1 N–H and O–H groups in total. The van der Waals surface area contributed by atoms with Gasteiger partial charge in [-0.3, -0.25) is 9.00 Å². The second kappa shape index (κ2) is 7.29. The second-order valence-corrected chi connectivity index (χ2v) is 8.08. The Kier molecular flexibility index (Phi) is 5.78. The number of hydrogen-bond donors (Lipinski definition) is 1. The molecule has 1 heterocycles. The molecular formula is C17H23FNO4S-. The third-order valence-corrected chi connectivity index (χ3v) is 4.65. The van der Waals surface area contributed by atoms with Crippen LogP contribution >= 0.6 is 0 Å². The summed E-state index contributed by atoms with van der Waals surface area (Å²) in [4.78, 5) is 12.4. The lowest BCUT2D eigenvalue weighted by atomic mass is 9.83. The van der Waals surface area contributed by atoms with Crippen LogP contribution in [-0.2, 0) is 32.0 Å². The maximum Gasteiger partial charge on any atom is 0.312 e. The number of rotatable bonds is 4. The average molecular weight is 356 g/mol. The van der Waals surface area contributed by atoms with Crippen molar-refractivity contribution in [3.8, 4) is 0 Å². The van der Waals surface area contributed by atoms with E-state index in [-0.39, 0.29) is 11.7 Å². The molecule has 1 unspecified atom stereocenters. The Labute approximate surface area is 144 Å². The molecule has 0 radical (unpaired) electrons. The molecule has 1 atom stereocenters. The van der Waals surface area contributed by atoms with Gasteiger partial charge in [0.2, 0.25) is 0 Å². The largest absolute Gasteiger partial charge is 0.772 e. The number of esters is 1. The van der Waals surface area contributed by atoms with Crippen LogP contribution in [-0.4, -0.2) is 27.8 Å². The van der Waals surface area contributed by atoms with Crippen molar-refractivity contribution in [2.24, 2.45) is 5.41 Å². The van der Waals surface area contributed by atoms with Crippen LogP contribution < -0.4 is 5.32 Å². The Bertz CT molecular complexity index is 636. The van der Waals surface area contributed by atoms with Crippen LogP contribution in [0.4, 0.5) is 4.39 Å². The summed E-state index contributed by atoms with van der Waals surface area (Å²) in [6, 6.07) is 4.15. The van der Waals surface area contributed by atoms with E-state index in [0.29, 0.717) is 37.1 Å². The molecule has 1 fully saturated rings. The van der Waals surface area contributed by atoms with Gasteiger partial charge in [-0.15, -0.1) is 0 Å². The summed E-state index contributed by atoms with van der Waals surface area (Å²) in [7, 11) is 0. The summed E-state index contributed by atoms with van der Waals surface area (Å²) < 4.78 is 41.7. The van der Waals surface area contributed by atoms with Gasteiger partial charge in [0.25, 0.3) is 0 Å². The molecule has 1 saturated heterocycles. The van der Waals surface area contributed by atoms with Gasteiger partial charge < -0.3 is 14.6 Å². The van der Waals surface area contributed by atoms with E-state index in [0.717, 1.165) is 0 Å². The molecule has 0 bridgehead atoms. The number of ether oxygens (including phenoxy) is 1. The van der Waals surface area contributed by atoms with E-state index in [9.17, 15) is 17.9 Å². The fourth-order valence-corrected chi connectivity index (χ4v) is 3.18. The Morgan fingerprint density at radius 3 is 2.50 bits per heavy atom. The van der Waals surface area contributed by atoms with Gasteiger partial charge in [0.05, 0.1) is 5.41 Å². The van der Waals surface area contributed by atoms with Gasteiger partial charge >= 0.3 is 5.97 Å². The molecule has 24 heavy (non-hydrogen) atoms. The fraction of sp³-hybridized carbons (Fsp3) is 0.588. The first kappa shape index (κ1) is 19.0. The van der Waals surface area contributed by atoms with E-state index in [2.05, 4.69) is 5.32 Å². The van der Waals surface area contributed by atoms with E-state index >= 15 is 0 Å². The normalized spacial score (nSPS) is 18.9. The molecule has 1 aromatic rings. The SMILES string of the molecule is CC(C)(C)C(=O)OC1(c2cc(F)cc(CS(=O)[O-])c2)CCNCC1. The van der Waals surface area contributed by atoms with Crippen molar-refractivity contribution < 1.29 is 22.7 Å². The molecule has 0 amide bonds. The highest BCUT2D eigenvalue weighted by Crippen LogP contribution is 2.38. The van der Waals surface area contributed by atoms with Crippen LogP contribution in [0.1, 0.15) is 44.7 Å². The molecule has 0 aromatic heterocycles. The number of benzene rings is 1. The zero-order valence-corrected chi connectivity index (χ0v) is 15.0. The van der Waals surface area contributed by atoms with Gasteiger partial charge in [-0.05, 0) is 57.1 Å². The Balaban J connectivity index is 2.42. The van der Waals surface area contributed by atoms with Crippen molar-refractivity contribution in [3.05, 3.63) is 35.1 Å². The summed E-state index contributed by atoms with van der Waals surface area (Å²) in [6.07, 6.45) is 1.02. The first-order chi connectivity index (χ1) is 11.1. The van der Waals surface area contributed by atoms with Crippen molar-refractivity contribution in [2.45, 2.75) is 45.0 Å². The van der Waals surface area contributed by atoms with Gasteiger partial charge in [-0.2, -0.15) is 0 Å². The molecule has 0 spiro atoms. The van der Waals surface area contributed by atoms with Crippen molar-refractivity contribution in [2.75, 3.05) is 13.1 Å². The van der Waals surface area contributed by atoms with Crippen LogP contribution in [0.25, 0.3) is 0 Å². The molecule has 2 rings (SSSR count). The quantitative estimate of drug-likeness (QED) is 0.662. The van der Waals surface area contributed by atoms with Crippen LogP contribution in [0, 0.1) is 11.2 Å². The summed E-state index contributed by atoms with van der Waals surface area (Å²) in [6.45, 7) is 6.57. The molecule has 1 aliphatic rings. The zero-order valence-electron chi connectivity index (χ0n) is 14.2. The van der Waals surface area contributed by atoms with Crippen molar-refractivity contribution >= 4 is 17.0 Å². The third kappa shape index (κ3) is 4.62. The summed E-state index contributed by atoms with van der Waals surface area (Å²) in [5.41, 5.74) is -0.744. The van der Waals surface area contributed by atoms with Crippen molar-refractivity contribution in [1.29, 1.82) is 0 Å². The van der Waals surface area contributed by atoms with Crippen LogP contribution in [0.5, 0.6) is 0 Å². The molecule has 0 saturated carbocycles. The lowest BCUT2D eigenvalue weighted by Gasteiger charge is -2.39. The molecule has 1 aromatic carbocycles. The highest BCUT2D eigenvalue weighted by atomic mass is 32.2. The molecule has 1 aliphatic heterocycles. The van der Waals surface area contributed by atoms with Crippen LogP contribution in [0.2, 0.25) is 0 Å². The lowest BCUT2D eigenvalue weighted by molar-refractivity contribution is -0.174. The monoisotopic (exact) mass is 356 g/mol. The number of nitrogens with one attached hydrogen (secondary N) is 1. The average Bonchev–Trinajstić information content (AvgIpc) is 2.45. The van der Waals surface area contributed by atoms with Gasteiger partial charge in [-0.1, -0.05) is 17.1 Å². The maximum atomic E-state index is 14.0. The number of halogens is 1. The Morgan fingerprint density at radius 2 is 1.96 bits per heavy atom. The van der Waals surface area contributed by atoms with Gasteiger partial charge in [-0.25, -0.2) is 4.39 Å².